The number of fused-ring (bicyclic) bond motifs is 3. The van der Waals surface area contributed by atoms with Gasteiger partial charge in [-0.3, -0.25) is 0 Å². The van der Waals surface area contributed by atoms with Crippen molar-refractivity contribution < 1.29 is 22.3 Å². The molecule has 0 spiro atoms. The molecule has 0 aliphatic heterocycles. The van der Waals surface area contributed by atoms with Crippen molar-refractivity contribution in [2.45, 2.75) is 38.5 Å². The third kappa shape index (κ3) is 3.46. The fourth-order valence-electron chi connectivity index (χ4n) is 4.49. The van der Waals surface area contributed by atoms with Crippen LogP contribution in [0, 0.1) is 11.7 Å². The molecule has 0 saturated heterocycles. The van der Waals surface area contributed by atoms with Gasteiger partial charge in [-0.15, -0.1) is 13.2 Å². The van der Waals surface area contributed by atoms with Crippen LogP contribution in [0.4, 0.5) is 17.6 Å². The van der Waals surface area contributed by atoms with Gasteiger partial charge in [0.15, 0.2) is 0 Å². The van der Waals surface area contributed by atoms with Gasteiger partial charge < -0.3 is 4.74 Å². The van der Waals surface area contributed by atoms with Crippen molar-refractivity contribution in [3.05, 3.63) is 77.1 Å². The molecular weight excluding hydrogens is 368 g/mol. The van der Waals surface area contributed by atoms with E-state index >= 15 is 0 Å². The van der Waals surface area contributed by atoms with Crippen LogP contribution >= 0.6 is 0 Å². The Bertz CT molecular complexity index is 992. The van der Waals surface area contributed by atoms with Crippen molar-refractivity contribution in [2.75, 3.05) is 0 Å². The Hall–Kier alpha value is -2.56. The van der Waals surface area contributed by atoms with Crippen molar-refractivity contribution in [3.8, 4) is 5.75 Å². The van der Waals surface area contributed by atoms with Gasteiger partial charge in [-0.05, 0) is 59.0 Å². The van der Waals surface area contributed by atoms with Crippen LogP contribution in [0.15, 0.2) is 54.6 Å². The summed E-state index contributed by atoms with van der Waals surface area (Å²) in [5, 5.41) is 1.54. The lowest BCUT2D eigenvalue weighted by Gasteiger charge is -2.34. The van der Waals surface area contributed by atoms with Gasteiger partial charge in [-0.2, -0.15) is 0 Å². The van der Waals surface area contributed by atoms with E-state index in [2.05, 4.69) is 11.7 Å². The molecule has 0 unspecified atom stereocenters. The van der Waals surface area contributed by atoms with Gasteiger partial charge in [0.1, 0.15) is 11.6 Å². The number of alkyl halides is 3. The maximum absolute atomic E-state index is 14.2. The van der Waals surface area contributed by atoms with Crippen molar-refractivity contribution in [2.24, 2.45) is 5.92 Å². The van der Waals surface area contributed by atoms with E-state index in [1.807, 2.05) is 18.2 Å². The predicted molar refractivity (Wildman–Crippen MR) is 101 cm³/mol. The summed E-state index contributed by atoms with van der Waals surface area (Å²) in [7, 11) is 0. The minimum Gasteiger partial charge on any atom is -0.406 e. The molecule has 28 heavy (non-hydrogen) atoms. The molecule has 2 atom stereocenters. The molecule has 0 aromatic heterocycles. The first-order chi connectivity index (χ1) is 13.4. The van der Waals surface area contributed by atoms with Crippen LogP contribution in [0.25, 0.3) is 10.8 Å². The third-order valence-electron chi connectivity index (χ3n) is 5.72. The smallest absolute Gasteiger partial charge is 0.406 e. The topological polar surface area (TPSA) is 9.23 Å². The molecule has 146 valence electrons. The lowest BCUT2D eigenvalue weighted by atomic mass is 9.70. The summed E-state index contributed by atoms with van der Waals surface area (Å²) in [6.45, 7) is 2.13. The Balaban J connectivity index is 1.78. The second-order valence-corrected chi connectivity index (χ2v) is 7.27. The summed E-state index contributed by atoms with van der Waals surface area (Å²) in [6, 6.07) is 15.1. The Labute approximate surface area is 160 Å². The summed E-state index contributed by atoms with van der Waals surface area (Å²) in [4.78, 5) is 0. The summed E-state index contributed by atoms with van der Waals surface area (Å²) in [5.74, 6) is -0.00159. The number of hydrogen-bond donors (Lipinski definition) is 0. The van der Waals surface area contributed by atoms with E-state index in [-0.39, 0.29) is 17.5 Å². The second-order valence-electron chi connectivity index (χ2n) is 7.27. The molecule has 1 nitrogen and oxygen atoms in total. The molecule has 0 amide bonds. The first-order valence-electron chi connectivity index (χ1n) is 9.43. The average molecular weight is 388 g/mol. The van der Waals surface area contributed by atoms with E-state index in [1.165, 1.54) is 18.2 Å². The van der Waals surface area contributed by atoms with Crippen LogP contribution in [-0.2, 0) is 6.42 Å². The molecule has 3 aromatic carbocycles. The third-order valence-corrected chi connectivity index (χ3v) is 5.72. The minimum absolute atomic E-state index is 0.0707. The van der Waals surface area contributed by atoms with Crippen LogP contribution in [0.5, 0.6) is 5.75 Å². The zero-order chi connectivity index (χ0) is 19.9. The van der Waals surface area contributed by atoms with E-state index in [0.29, 0.717) is 11.3 Å². The van der Waals surface area contributed by atoms with E-state index in [9.17, 15) is 17.6 Å². The largest absolute Gasteiger partial charge is 0.573 e. The number of benzene rings is 3. The molecule has 0 heterocycles. The van der Waals surface area contributed by atoms with E-state index in [4.69, 9.17) is 0 Å². The summed E-state index contributed by atoms with van der Waals surface area (Å²) < 4.78 is 55.5. The number of aryl methyl sites for hydroxylation is 1. The van der Waals surface area contributed by atoms with Crippen molar-refractivity contribution in [1.82, 2.24) is 0 Å². The van der Waals surface area contributed by atoms with Crippen molar-refractivity contribution in [3.63, 3.8) is 0 Å². The summed E-state index contributed by atoms with van der Waals surface area (Å²) in [5.41, 5.74) is 3.24. The van der Waals surface area contributed by atoms with Crippen LogP contribution in [0.3, 0.4) is 0 Å². The number of rotatable bonds is 3. The fraction of sp³-hybridized carbons (Fsp3) is 0.304. The molecule has 4 rings (SSSR count). The SMILES string of the molecule is CC[C@@H]1CCc2c(ccc3c(F)cccc23)[C@H]1c1ccc(OC(F)(F)F)cc1. The van der Waals surface area contributed by atoms with Crippen molar-refractivity contribution >= 4 is 10.8 Å². The average Bonchev–Trinajstić information content (AvgIpc) is 2.66. The van der Waals surface area contributed by atoms with E-state index in [1.54, 1.807) is 18.2 Å². The van der Waals surface area contributed by atoms with E-state index < -0.39 is 6.36 Å². The number of halogens is 4. The lowest BCUT2D eigenvalue weighted by Crippen LogP contribution is -2.22. The zero-order valence-corrected chi connectivity index (χ0v) is 15.4. The maximum atomic E-state index is 14.2. The predicted octanol–water partition coefficient (Wildman–Crippen LogP) is 6.98. The molecular formula is C23H20F4O. The van der Waals surface area contributed by atoms with Gasteiger partial charge in [0.05, 0.1) is 0 Å². The molecule has 0 bridgehead atoms. The summed E-state index contributed by atoms with van der Waals surface area (Å²) >= 11 is 0. The Morgan fingerprint density at radius 3 is 2.39 bits per heavy atom. The van der Waals surface area contributed by atoms with Gasteiger partial charge in [0.25, 0.3) is 0 Å². The number of hydrogen-bond acceptors (Lipinski definition) is 1. The van der Waals surface area contributed by atoms with E-state index in [0.717, 1.165) is 41.3 Å². The molecule has 0 N–H and O–H groups in total. The first kappa shape index (κ1) is 18.8. The highest BCUT2D eigenvalue weighted by Crippen LogP contribution is 2.45. The first-order valence-corrected chi connectivity index (χ1v) is 9.43. The molecule has 0 saturated carbocycles. The monoisotopic (exact) mass is 388 g/mol. The van der Waals surface area contributed by atoms with Gasteiger partial charge in [-0.25, -0.2) is 4.39 Å². The maximum Gasteiger partial charge on any atom is 0.573 e. The van der Waals surface area contributed by atoms with Gasteiger partial charge in [0.2, 0.25) is 0 Å². The molecule has 1 aliphatic carbocycles. The van der Waals surface area contributed by atoms with Crippen LogP contribution in [0.2, 0.25) is 0 Å². The Morgan fingerprint density at radius 2 is 1.71 bits per heavy atom. The van der Waals surface area contributed by atoms with Gasteiger partial charge in [0, 0.05) is 11.3 Å². The fourth-order valence-corrected chi connectivity index (χ4v) is 4.49. The Morgan fingerprint density at radius 1 is 0.964 bits per heavy atom. The molecule has 3 aromatic rings. The highest BCUT2D eigenvalue weighted by Gasteiger charge is 2.33. The van der Waals surface area contributed by atoms with Crippen LogP contribution < -0.4 is 4.74 Å². The molecule has 0 fully saturated rings. The Kier molecular flexibility index (Phi) is 4.77. The molecule has 0 radical (unpaired) electrons. The van der Waals surface area contributed by atoms with Crippen LogP contribution in [0.1, 0.15) is 42.4 Å². The van der Waals surface area contributed by atoms with Crippen molar-refractivity contribution in [1.29, 1.82) is 0 Å². The van der Waals surface area contributed by atoms with Gasteiger partial charge >= 0.3 is 6.36 Å². The zero-order valence-electron chi connectivity index (χ0n) is 15.4. The quantitative estimate of drug-likeness (QED) is 0.440. The summed E-state index contributed by atoms with van der Waals surface area (Å²) in [6.07, 6.45) is -1.90. The second kappa shape index (κ2) is 7.12. The van der Waals surface area contributed by atoms with Crippen LogP contribution in [-0.4, -0.2) is 6.36 Å². The highest BCUT2D eigenvalue weighted by molar-refractivity contribution is 5.88. The number of ether oxygens (including phenoxy) is 1. The standard InChI is InChI=1S/C23H20F4O/c1-2-14-8-11-18-17-4-3-5-21(24)19(17)12-13-20(18)22(14)15-6-9-16(10-7-15)28-23(25,26)27/h3-7,9-10,12-14,22H,2,8,11H2,1H3/t14-,22-/m1/s1. The minimum atomic E-state index is -4.70. The molecule has 5 heteroatoms. The highest BCUT2D eigenvalue weighted by atomic mass is 19.4. The molecule has 1 aliphatic rings. The lowest BCUT2D eigenvalue weighted by molar-refractivity contribution is -0.274. The normalized spacial score (nSPS) is 19.5. The van der Waals surface area contributed by atoms with Gasteiger partial charge in [-0.1, -0.05) is 49.7 Å².